The lowest BCUT2D eigenvalue weighted by Crippen LogP contribution is -2.09. The van der Waals surface area contributed by atoms with Gasteiger partial charge in [0.1, 0.15) is 0 Å². The number of aryl methyl sites for hydroxylation is 1. The Kier molecular flexibility index (Phi) is 2.78. The van der Waals surface area contributed by atoms with Gasteiger partial charge in [-0.15, -0.1) is 0 Å². The molecule has 0 bridgehead atoms. The van der Waals surface area contributed by atoms with E-state index in [2.05, 4.69) is 45.9 Å². The third-order valence-electron chi connectivity index (χ3n) is 3.26. The summed E-state index contributed by atoms with van der Waals surface area (Å²) in [5.41, 5.74) is 5.57. The molecule has 0 aromatic rings. The third kappa shape index (κ3) is 2.10. The van der Waals surface area contributed by atoms with Gasteiger partial charge in [-0.05, 0) is 40.7 Å². The van der Waals surface area contributed by atoms with E-state index in [0.717, 1.165) is 17.4 Å². The van der Waals surface area contributed by atoms with Gasteiger partial charge >= 0.3 is 0 Å². The highest BCUT2D eigenvalue weighted by Gasteiger charge is 2.17. The van der Waals surface area contributed by atoms with Crippen molar-refractivity contribution >= 4 is 6.29 Å². The maximum Gasteiger partial charge on any atom is 0.150 e. The Bertz CT molecular complexity index is 532. The van der Waals surface area contributed by atoms with Crippen molar-refractivity contribution in [3.63, 3.8) is 0 Å². The molecule has 0 unspecified atom stereocenters. The van der Waals surface area contributed by atoms with E-state index in [-0.39, 0.29) is 5.41 Å². The fourth-order valence-electron chi connectivity index (χ4n) is 2.09. The van der Waals surface area contributed by atoms with Crippen molar-refractivity contribution in [3.05, 3.63) is 47.0 Å². The van der Waals surface area contributed by atoms with E-state index in [9.17, 15) is 4.79 Å². The molecule has 0 saturated carbocycles. The summed E-state index contributed by atoms with van der Waals surface area (Å²) < 4.78 is 0. The maximum absolute atomic E-state index is 11.1. The van der Waals surface area contributed by atoms with Crippen LogP contribution in [0.2, 0.25) is 0 Å². The van der Waals surface area contributed by atoms with Gasteiger partial charge in [0.2, 0.25) is 0 Å². The topological polar surface area (TPSA) is 17.1 Å². The molecule has 0 aromatic heterocycles. The first-order valence-electron chi connectivity index (χ1n) is 5.92. The second kappa shape index (κ2) is 3.99. The number of hydrogen-bond donors (Lipinski definition) is 0. The first-order valence-corrected chi connectivity index (χ1v) is 5.92. The lowest BCUT2D eigenvalue weighted by atomic mass is 9.87. The van der Waals surface area contributed by atoms with Crippen LogP contribution in [0.4, 0.5) is 0 Å². The molecule has 0 amide bonds. The molecule has 1 heteroatoms. The molecule has 0 saturated heterocycles. The van der Waals surface area contributed by atoms with E-state index in [1.165, 1.54) is 16.7 Å². The van der Waals surface area contributed by atoms with E-state index >= 15 is 0 Å². The second-order valence-electron chi connectivity index (χ2n) is 5.60. The predicted octanol–water partition coefficient (Wildman–Crippen LogP) is 4.21. The molecule has 0 N–H and O–H groups in total. The van der Waals surface area contributed by atoms with Crippen LogP contribution in [0.25, 0.3) is 11.1 Å². The van der Waals surface area contributed by atoms with E-state index < -0.39 is 0 Å². The Balaban J connectivity index is 2.76. The normalized spacial score (nSPS) is 11.8. The number of rotatable bonds is 1. The average molecular weight is 226 g/mol. The lowest BCUT2D eigenvalue weighted by molar-refractivity contribution is 0.112. The van der Waals surface area contributed by atoms with Crippen LogP contribution in [0, 0.1) is 6.92 Å². The fraction of sp³-hybridized carbons (Fsp3) is 0.312. The van der Waals surface area contributed by atoms with Gasteiger partial charge in [0, 0.05) is 5.56 Å². The highest BCUT2D eigenvalue weighted by molar-refractivity contribution is 5.91. The number of hydrogen-bond acceptors (Lipinski definition) is 1. The summed E-state index contributed by atoms with van der Waals surface area (Å²) in [7, 11) is 0. The van der Waals surface area contributed by atoms with Gasteiger partial charge in [-0.2, -0.15) is 0 Å². The predicted molar refractivity (Wildman–Crippen MR) is 71.9 cm³/mol. The summed E-state index contributed by atoms with van der Waals surface area (Å²) in [6, 6.07) is 10.4. The zero-order valence-electron chi connectivity index (χ0n) is 10.9. The molecule has 2 aliphatic rings. The highest BCUT2D eigenvalue weighted by Crippen LogP contribution is 2.33. The van der Waals surface area contributed by atoms with Crippen molar-refractivity contribution in [2.24, 2.45) is 0 Å². The molecule has 0 aliphatic heterocycles. The molecule has 1 nitrogen and oxygen atoms in total. The second-order valence-corrected chi connectivity index (χ2v) is 5.60. The summed E-state index contributed by atoms with van der Waals surface area (Å²) in [5, 5.41) is 0. The van der Waals surface area contributed by atoms with E-state index in [1.54, 1.807) is 0 Å². The summed E-state index contributed by atoms with van der Waals surface area (Å²) in [4.78, 5) is 11.1. The Morgan fingerprint density at radius 1 is 1.00 bits per heavy atom. The van der Waals surface area contributed by atoms with Crippen LogP contribution < -0.4 is 0 Å². The molecular weight excluding hydrogens is 208 g/mol. The first-order chi connectivity index (χ1) is 7.93. The summed E-state index contributed by atoms with van der Waals surface area (Å²) in [5.74, 6) is 0. The van der Waals surface area contributed by atoms with Crippen molar-refractivity contribution in [2.75, 3.05) is 0 Å². The van der Waals surface area contributed by atoms with Crippen molar-refractivity contribution in [1.82, 2.24) is 0 Å². The van der Waals surface area contributed by atoms with E-state index in [0.29, 0.717) is 0 Å². The molecule has 0 spiro atoms. The van der Waals surface area contributed by atoms with Crippen LogP contribution in [0.3, 0.4) is 0 Å². The summed E-state index contributed by atoms with van der Waals surface area (Å²) in [6.07, 6.45) is 0.939. The first kappa shape index (κ1) is 11.8. The minimum absolute atomic E-state index is 0.0931. The molecule has 0 aromatic carbocycles. The van der Waals surface area contributed by atoms with Crippen LogP contribution in [0.1, 0.15) is 42.3 Å². The lowest BCUT2D eigenvalue weighted by Gasteiger charge is -2.17. The molecule has 0 radical (unpaired) electrons. The van der Waals surface area contributed by atoms with Crippen molar-refractivity contribution in [3.8, 4) is 11.1 Å². The van der Waals surface area contributed by atoms with Crippen molar-refractivity contribution in [1.29, 1.82) is 0 Å². The molecule has 0 atom stereocenters. The zero-order valence-corrected chi connectivity index (χ0v) is 10.9. The largest absolute Gasteiger partial charge is 0.298 e. The molecular formula is C16H18O. The van der Waals surface area contributed by atoms with Crippen LogP contribution in [0.15, 0.2) is 30.3 Å². The highest BCUT2D eigenvalue weighted by atomic mass is 16.1. The number of carbonyl (C=O) groups excluding carboxylic acids is 1. The molecule has 0 fully saturated rings. The zero-order chi connectivity index (χ0) is 12.6. The quantitative estimate of drug-likeness (QED) is 0.666. The SMILES string of the molecule is Cc1ccc(C(C)(C)C)cc2c(C=O)ccc1-2. The summed E-state index contributed by atoms with van der Waals surface area (Å²) in [6.45, 7) is 8.65. The van der Waals surface area contributed by atoms with Crippen LogP contribution in [0.5, 0.6) is 0 Å². The van der Waals surface area contributed by atoms with E-state index in [4.69, 9.17) is 0 Å². The number of fused-ring (bicyclic) bond motifs is 1. The van der Waals surface area contributed by atoms with Gasteiger partial charge in [0.05, 0.1) is 0 Å². The molecule has 88 valence electrons. The van der Waals surface area contributed by atoms with E-state index in [1.807, 2.05) is 12.1 Å². The Labute approximate surface area is 103 Å². The Morgan fingerprint density at radius 2 is 1.71 bits per heavy atom. The van der Waals surface area contributed by atoms with Gasteiger partial charge in [0.15, 0.2) is 6.29 Å². The minimum atomic E-state index is 0.0931. The molecule has 2 aliphatic carbocycles. The Morgan fingerprint density at radius 3 is 2.29 bits per heavy atom. The van der Waals surface area contributed by atoms with Gasteiger partial charge in [-0.25, -0.2) is 0 Å². The summed E-state index contributed by atoms with van der Waals surface area (Å²) >= 11 is 0. The third-order valence-corrected chi connectivity index (χ3v) is 3.26. The Hall–Kier alpha value is -1.63. The maximum atomic E-state index is 11.1. The van der Waals surface area contributed by atoms with Crippen LogP contribution in [-0.2, 0) is 5.41 Å². The number of aldehydes is 1. The van der Waals surface area contributed by atoms with Gasteiger partial charge in [0.25, 0.3) is 0 Å². The molecule has 0 heterocycles. The molecule has 2 rings (SSSR count). The van der Waals surface area contributed by atoms with Crippen molar-refractivity contribution < 1.29 is 4.79 Å². The van der Waals surface area contributed by atoms with Crippen molar-refractivity contribution in [2.45, 2.75) is 33.1 Å². The van der Waals surface area contributed by atoms with Crippen LogP contribution in [-0.4, -0.2) is 6.29 Å². The average Bonchev–Trinajstić information content (AvgIpc) is 2.57. The van der Waals surface area contributed by atoms with Gasteiger partial charge < -0.3 is 0 Å². The van der Waals surface area contributed by atoms with Crippen LogP contribution >= 0.6 is 0 Å². The van der Waals surface area contributed by atoms with Gasteiger partial charge in [-0.3, -0.25) is 4.79 Å². The standard InChI is InChI=1S/C16H18O/c1-11-5-7-13(16(2,3)4)9-15-12(10-17)6-8-14(11)15/h5-10H,1-4H3. The molecule has 17 heavy (non-hydrogen) atoms. The monoisotopic (exact) mass is 226 g/mol. The number of carbonyl (C=O) groups is 1. The minimum Gasteiger partial charge on any atom is -0.298 e. The fourth-order valence-corrected chi connectivity index (χ4v) is 2.09. The smallest absolute Gasteiger partial charge is 0.150 e. The van der Waals surface area contributed by atoms with Gasteiger partial charge in [-0.1, -0.05) is 45.0 Å².